The van der Waals surface area contributed by atoms with Crippen LogP contribution in [0.25, 0.3) is 5.52 Å². The van der Waals surface area contributed by atoms with E-state index in [1.165, 1.54) is 10.7 Å². The van der Waals surface area contributed by atoms with Crippen molar-refractivity contribution in [1.82, 2.24) is 30.1 Å². The van der Waals surface area contributed by atoms with Gasteiger partial charge in [-0.2, -0.15) is 15.5 Å². The van der Waals surface area contributed by atoms with Crippen LogP contribution in [0.5, 0.6) is 0 Å². The van der Waals surface area contributed by atoms with E-state index >= 15 is 0 Å². The summed E-state index contributed by atoms with van der Waals surface area (Å²) in [6.07, 6.45) is -0.948. The number of anilines is 2. The number of H-pyrrole nitrogens is 1. The van der Waals surface area contributed by atoms with E-state index in [1.807, 2.05) is 13.0 Å². The number of hydrogen-bond donors (Lipinski definition) is 3. The van der Waals surface area contributed by atoms with Gasteiger partial charge >= 0.3 is 6.09 Å². The number of alkyl halides is 1. The van der Waals surface area contributed by atoms with Gasteiger partial charge in [-0.15, -0.1) is 0 Å². The largest absolute Gasteiger partial charge is 0.441 e. The summed E-state index contributed by atoms with van der Waals surface area (Å²) in [5.41, 5.74) is 1.54. The highest BCUT2D eigenvalue weighted by Crippen LogP contribution is 2.36. The summed E-state index contributed by atoms with van der Waals surface area (Å²) in [6, 6.07) is 5.35. The molecule has 2 fully saturated rings. The molecule has 12 nitrogen and oxygen atoms in total. The minimum Gasteiger partial charge on any atom is -0.441 e. The van der Waals surface area contributed by atoms with Crippen LogP contribution in [0, 0.1) is 11.3 Å². The Hall–Kier alpha value is -3.76. The number of methoxy groups -OCH3 is 1. The molecule has 1 saturated carbocycles. The summed E-state index contributed by atoms with van der Waals surface area (Å²) in [5, 5.41) is 26.4. The Morgan fingerprint density at radius 1 is 1.47 bits per heavy atom. The zero-order valence-electron chi connectivity index (χ0n) is 18.5. The first-order valence-corrected chi connectivity index (χ1v) is 10.7. The third-order valence-corrected chi connectivity index (χ3v) is 5.81. The fourth-order valence-electron chi connectivity index (χ4n) is 3.74. The topological polar surface area (TPSA) is 151 Å². The van der Waals surface area contributed by atoms with Crippen LogP contribution in [0.1, 0.15) is 43.0 Å². The maximum atomic E-state index is 15.0. The number of amides is 1. The molecule has 3 aromatic rings. The summed E-state index contributed by atoms with van der Waals surface area (Å²) in [5.74, 6) is 0.691. The van der Waals surface area contributed by atoms with Gasteiger partial charge < -0.3 is 24.8 Å². The van der Waals surface area contributed by atoms with Crippen LogP contribution in [0.3, 0.4) is 0 Å². The number of carbonyl (C=O) groups excluding carboxylic acids is 1. The summed E-state index contributed by atoms with van der Waals surface area (Å²) >= 11 is 0. The Labute approximate surface area is 193 Å². The molecule has 1 aliphatic heterocycles. The minimum atomic E-state index is -1.57. The number of nitriles is 1. The van der Waals surface area contributed by atoms with Gasteiger partial charge in [-0.25, -0.2) is 18.7 Å². The highest BCUT2D eigenvalue weighted by atomic mass is 19.1. The third kappa shape index (κ3) is 4.37. The van der Waals surface area contributed by atoms with Gasteiger partial charge in [-0.1, -0.05) is 0 Å². The lowest BCUT2D eigenvalue weighted by Gasteiger charge is -2.17. The molecule has 0 aromatic carbocycles. The first-order chi connectivity index (χ1) is 16.4. The molecule has 4 heterocycles. The van der Waals surface area contributed by atoms with Crippen LogP contribution >= 0.6 is 0 Å². The molecule has 0 spiro atoms. The standard InChI is InChI=1S/C21H23FN8O4/c1-21(3-4-21)26-20(31)34-15-10-33-18(17(15)22)13-6-16(28-27-13)25-19-14-5-11(9-32-2)29-30(14)8-12(7-23)24-19/h5-6,8,15,17-18H,3-4,9-10H2,1-2H3,(H,26,31)(H2,24,25,27,28)/t15-,17-,18-/m1/s1. The van der Waals surface area contributed by atoms with Crippen molar-refractivity contribution in [2.24, 2.45) is 0 Å². The molecule has 0 bridgehead atoms. The second kappa shape index (κ2) is 8.54. The maximum absolute atomic E-state index is 15.0. The number of nitrogens with zero attached hydrogens (tertiary/aromatic N) is 5. The number of aromatic amines is 1. The molecule has 1 amide bonds. The quantitative estimate of drug-likeness (QED) is 0.472. The van der Waals surface area contributed by atoms with Crippen LogP contribution in [-0.2, 0) is 20.8 Å². The van der Waals surface area contributed by atoms with Crippen LogP contribution in [0.4, 0.5) is 20.8 Å². The fraction of sp³-hybridized carbons (Fsp3) is 0.476. The SMILES string of the molecule is COCc1cc2c(Nc3cc([C@H]4OC[C@@H](OC(=O)NC5(C)CC5)[C@H]4F)[nH]n3)nc(C#N)cn2n1. The Morgan fingerprint density at radius 2 is 2.29 bits per heavy atom. The van der Waals surface area contributed by atoms with Gasteiger partial charge in [0.1, 0.15) is 17.7 Å². The van der Waals surface area contributed by atoms with E-state index in [0.717, 1.165) is 12.8 Å². The van der Waals surface area contributed by atoms with Crippen molar-refractivity contribution < 1.29 is 23.4 Å². The van der Waals surface area contributed by atoms with Gasteiger partial charge in [0, 0.05) is 18.7 Å². The number of nitrogens with one attached hydrogen (secondary N) is 3. The molecule has 0 unspecified atom stereocenters. The lowest BCUT2D eigenvalue weighted by Crippen LogP contribution is -2.39. The van der Waals surface area contributed by atoms with Crippen molar-refractivity contribution in [2.75, 3.05) is 19.0 Å². The molecule has 3 atom stereocenters. The number of carbonyl (C=O) groups is 1. The predicted octanol–water partition coefficient (Wildman–Crippen LogP) is 2.27. The summed E-state index contributed by atoms with van der Waals surface area (Å²) in [4.78, 5) is 16.3. The number of halogens is 1. The molecule has 178 valence electrons. The molecule has 1 aliphatic carbocycles. The normalized spacial score (nSPS) is 22.9. The number of alkyl carbamates (subject to hydrolysis) is 1. The van der Waals surface area contributed by atoms with Crippen LogP contribution in [-0.4, -0.2) is 62.4 Å². The molecule has 0 radical (unpaired) electrons. The Morgan fingerprint density at radius 3 is 3.03 bits per heavy atom. The highest BCUT2D eigenvalue weighted by Gasteiger charge is 2.44. The van der Waals surface area contributed by atoms with E-state index in [9.17, 15) is 14.4 Å². The van der Waals surface area contributed by atoms with Crippen LogP contribution in [0.2, 0.25) is 0 Å². The van der Waals surface area contributed by atoms with E-state index in [-0.39, 0.29) is 17.8 Å². The predicted molar refractivity (Wildman–Crippen MR) is 115 cm³/mol. The van der Waals surface area contributed by atoms with Crippen molar-refractivity contribution in [2.45, 2.75) is 50.3 Å². The van der Waals surface area contributed by atoms with E-state index in [1.54, 1.807) is 19.2 Å². The van der Waals surface area contributed by atoms with Crippen molar-refractivity contribution in [3.05, 3.63) is 35.4 Å². The van der Waals surface area contributed by atoms with Crippen LogP contribution in [0.15, 0.2) is 18.3 Å². The van der Waals surface area contributed by atoms with Gasteiger partial charge in [0.25, 0.3) is 0 Å². The maximum Gasteiger partial charge on any atom is 0.408 e. The summed E-state index contributed by atoms with van der Waals surface area (Å²) in [7, 11) is 1.56. The lowest BCUT2D eigenvalue weighted by molar-refractivity contribution is 0.0604. The first-order valence-electron chi connectivity index (χ1n) is 10.7. The molecular weight excluding hydrogens is 447 g/mol. The Kier molecular flexibility index (Phi) is 5.54. The van der Waals surface area contributed by atoms with E-state index < -0.39 is 24.5 Å². The second-order valence-electron chi connectivity index (χ2n) is 8.65. The lowest BCUT2D eigenvalue weighted by atomic mass is 10.1. The zero-order chi connectivity index (χ0) is 23.9. The number of rotatable bonds is 7. The molecule has 5 rings (SSSR count). The van der Waals surface area contributed by atoms with Crippen molar-refractivity contribution >= 4 is 23.2 Å². The molecule has 13 heteroatoms. The summed E-state index contributed by atoms with van der Waals surface area (Å²) in [6.45, 7) is 2.14. The number of aromatic nitrogens is 5. The van der Waals surface area contributed by atoms with Gasteiger partial charge in [0.05, 0.1) is 30.8 Å². The van der Waals surface area contributed by atoms with E-state index in [0.29, 0.717) is 35.1 Å². The highest BCUT2D eigenvalue weighted by molar-refractivity contribution is 5.73. The monoisotopic (exact) mass is 470 g/mol. The Bertz CT molecular complexity index is 1260. The van der Waals surface area contributed by atoms with Crippen molar-refractivity contribution in [3.8, 4) is 6.07 Å². The molecule has 1 saturated heterocycles. The van der Waals surface area contributed by atoms with Crippen molar-refractivity contribution in [3.63, 3.8) is 0 Å². The molecular formula is C21H23FN8O4. The molecule has 3 N–H and O–H groups in total. The zero-order valence-corrected chi connectivity index (χ0v) is 18.5. The molecule has 3 aromatic heterocycles. The van der Waals surface area contributed by atoms with E-state index in [4.69, 9.17) is 14.2 Å². The average molecular weight is 470 g/mol. The van der Waals surface area contributed by atoms with Gasteiger partial charge in [-0.05, 0) is 25.8 Å². The van der Waals surface area contributed by atoms with Gasteiger partial charge in [0.15, 0.2) is 29.6 Å². The second-order valence-corrected chi connectivity index (χ2v) is 8.65. The number of ether oxygens (including phenoxy) is 3. The van der Waals surface area contributed by atoms with Crippen molar-refractivity contribution in [1.29, 1.82) is 5.26 Å². The number of fused-ring (bicyclic) bond motifs is 1. The molecule has 34 heavy (non-hydrogen) atoms. The number of hydrogen-bond acceptors (Lipinski definition) is 9. The third-order valence-electron chi connectivity index (χ3n) is 5.81. The fourth-order valence-corrected chi connectivity index (χ4v) is 3.74. The van der Waals surface area contributed by atoms with Gasteiger partial charge in [-0.3, -0.25) is 5.10 Å². The van der Waals surface area contributed by atoms with E-state index in [2.05, 4.69) is 30.9 Å². The van der Waals surface area contributed by atoms with Crippen LogP contribution < -0.4 is 10.6 Å². The minimum absolute atomic E-state index is 0.0672. The first kappa shape index (κ1) is 22.1. The Balaban J connectivity index is 1.29. The summed E-state index contributed by atoms with van der Waals surface area (Å²) < 4.78 is 32.4. The van der Waals surface area contributed by atoms with Gasteiger partial charge in [0.2, 0.25) is 0 Å². The molecule has 2 aliphatic rings. The smallest absolute Gasteiger partial charge is 0.408 e. The average Bonchev–Trinajstić information content (AvgIpc) is 3.14.